The van der Waals surface area contributed by atoms with Crippen LogP contribution in [0.5, 0.6) is 0 Å². The van der Waals surface area contributed by atoms with Crippen LogP contribution >= 0.6 is 0 Å². The number of pyridine rings is 1. The summed E-state index contributed by atoms with van der Waals surface area (Å²) in [5.74, 6) is 1.18. The Bertz CT molecular complexity index is 626. The lowest BCUT2D eigenvalue weighted by molar-refractivity contribution is 0.0945. The molecular weight excluding hydrogens is 278 g/mol. The number of carbonyl (C=O) groups is 1. The fourth-order valence-electron chi connectivity index (χ4n) is 2.15. The quantitative estimate of drug-likeness (QED) is 0.883. The number of rotatable bonds is 6. The van der Waals surface area contributed by atoms with Crippen LogP contribution in [-0.2, 0) is 6.54 Å². The molecule has 22 heavy (non-hydrogen) atoms. The maximum absolute atomic E-state index is 12.3. The fraction of sp³-hybridized carbons (Fsp3) is 0.375. The minimum absolute atomic E-state index is 0.198. The predicted molar refractivity (Wildman–Crippen MR) is 85.7 cm³/mol. The predicted octanol–water partition coefficient (Wildman–Crippen LogP) is 1.96. The van der Waals surface area contributed by atoms with Crippen molar-refractivity contribution in [1.29, 1.82) is 0 Å². The largest absolute Gasteiger partial charge is 0.357 e. The van der Waals surface area contributed by atoms with Crippen molar-refractivity contribution in [3.8, 4) is 0 Å². The highest BCUT2D eigenvalue weighted by Gasteiger charge is 2.12. The van der Waals surface area contributed by atoms with Gasteiger partial charge in [-0.2, -0.15) is 0 Å². The summed E-state index contributed by atoms with van der Waals surface area (Å²) in [6.45, 7) is 8.04. The lowest BCUT2D eigenvalue weighted by Gasteiger charge is -2.20. The van der Waals surface area contributed by atoms with Crippen LogP contribution in [0.15, 0.2) is 30.6 Å². The second-order valence-electron chi connectivity index (χ2n) is 4.87. The van der Waals surface area contributed by atoms with Crippen LogP contribution in [-0.4, -0.2) is 33.9 Å². The van der Waals surface area contributed by atoms with Gasteiger partial charge in [0, 0.05) is 38.1 Å². The molecular formula is C16H21N5O. The molecule has 116 valence electrons. The average molecular weight is 299 g/mol. The molecule has 0 aliphatic rings. The lowest BCUT2D eigenvalue weighted by atomic mass is 10.2. The highest BCUT2D eigenvalue weighted by atomic mass is 16.1. The van der Waals surface area contributed by atoms with E-state index in [4.69, 9.17) is 0 Å². The molecule has 0 unspecified atom stereocenters. The topological polar surface area (TPSA) is 71.0 Å². The van der Waals surface area contributed by atoms with Gasteiger partial charge in [0.15, 0.2) is 0 Å². The van der Waals surface area contributed by atoms with Crippen molar-refractivity contribution in [3.63, 3.8) is 0 Å². The second-order valence-corrected chi connectivity index (χ2v) is 4.87. The molecule has 6 heteroatoms. The van der Waals surface area contributed by atoms with Crippen molar-refractivity contribution >= 4 is 11.7 Å². The van der Waals surface area contributed by atoms with Gasteiger partial charge >= 0.3 is 0 Å². The maximum atomic E-state index is 12.3. The van der Waals surface area contributed by atoms with Gasteiger partial charge in [-0.15, -0.1) is 0 Å². The number of carbonyl (C=O) groups excluding carboxylic acids is 1. The van der Waals surface area contributed by atoms with Gasteiger partial charge in [-0.1, -0.05) is 0 Å². The molecule has 0 aromatic carbocycles. The number of aromatic nitrogens is 3. The molecule has 2 heterocycles. The van der Waals surface area contributed by atoms with E-state index in [0.717, 1.165) is 24.5 Å². The van der Waals surface area contributed by atoms with Crippen molar-refractivity contribution in [1.82, 2.24) is 20.3 Å². The number of aryl methyl sites for hydroxylation is 1. The molecule has 0 aliphatic heterocycles. The van der Waals surface area contributed by atoms with Crippen LogP contribution in [0, 0.1) is 6.92 Å². The highest BCUT2D eigenvalue weighted by Crippen LogP contribution is 2.12. The van der Waals surface area contributed by atoms with Crippen molar-refractivity contribution in [2.45, 2.75) is 27.3 Å². The van der Waals surface area contributed by atoms with Gasteiger partial charge in [0.2, 0.25) is 0 Å². The monoisotopic (exact) mass is 299 g/mol. The second kappa shape index (κ2) is 7.49. The summed E-state index contributed by atoms with van der Waals surface area (Å²) in [5.41, 5.74) is 1.39. The van der Waals surface area contributed by atoms with Gasteiger partial charge in [-0.05, 0) is 38.5 Å². The Labute approximate surface area is 130 Å². The Morgan fingerprint density at radius 3 is 2.50 bits per heavy atom. The molecule has 0 aliphatic carbocycles. The Morgan fingerprint density at radius 2 is 1.86 bits per heavy atom. The molecule has 2 aromatic rings. The van der Waals surface area contributed by atoms with Gasteiger partial charge < -0.3 is 10.2 Å². The molecule has 0 saturated heterocycles. The van der Waals surface area contributed by atoms with Crippen LogP contribution in [0.3, 0.4) is 0 Å². The zero-order chi connectivity index (χ0) is 15.9. The molecule has 0 saturated carbocycles. The lowest BCUT2D eigenvalue weighted by Crippen LogP contribution is -2.27. The van der Waals surface area contributed by atoms with E-state index in [1.807, 2.05) is 12.1 Å². The molecule has 1 N–H and O–H groups in total. The summed E-state index contributed by atoms with van der Waals surface area (Å²) in [6.07, 6.45) is 3.41. The van der Waals surface area contributed by atoms with Gasteiger partial charge in [0.05, 0.1) is 0 Å². The Balaban J connectivity index is 2.12. The first kappa shape index (κ1) is 15.9. The minimum atomic E-state index is -0.198. The Hall–Kier alpha value is -2.50. The van der Waals surface area contributed by atoms with Crippen molar-refractivity contribution in [3.05, 3.63) is 47.7 Å². The zero-order valence-corrected chi connectivity index (χ0v) is 13.2. The molecule has 0 fully saturated rings. The molecule has 0 radical (unpaired) electrons. The van der Waals surface area contributed by atoms with Crippen LogP contribution in [0.25, 0.3) is 0 Å². The number of amides is 1. The standard InChI is InChI=1S/C16H21N5O/c1-4-21(5-2)15-10-14(19-12(3)20-15)16(22)18-11-13-6-8-17-9-7-13/h6-10H,4-5,11H2,1-3H3,(H,18,22). The molecule has 0 spiro atoms. The van der Waals surface area contributed by atoms with Crippen molar-refractivity contribution in [2.75, 3.05) is 18.0 Å². The van der Waals surface area contributed by atoms with Crippen LogP contribution in [0.1, 0.15) is 35.7 Å². The molecule has 2 rings (SSSR count). The summed E-state index contributed by atoms with van der Waals surface area (Å²) >= 11 is 0. The fourth-order valence-corrected chi connectivity index (χ4v) is 2.15. The summed E-state index contributed by atoms with van der Waals surface area (Å²) in [5, 5.41) is 2.87. The third-order valence-electron chi connectivity index (χ3n) is 3.35. The first-order valence-electron chi connectivity index (χ1n) is 7.41. The average Bonchev–Trinajstić information content (AvgIpc) is 2.54. The van der Waals surface area contributed by atoms with Gasteiger partial charge in [-0.25, -0.2) is 9.97 Å². The molecule has 0 atom stereocenters. The van der Waals surface area contributed by atoms with E-state index in [9.17, 15) is 4.79 Å². The third-order valence-corrected chi connectivity index (χ3v) is 3.35. The number of nitrogens with zero attached hydrogens (tertiary/aromatic N) is 4. The molecule has 6 nitrogen and oxygen atoms in total. The van der Waals surface area contributed by atoms with Crippen LogP contribution in [0.2, 0.25) is 0 Å². The number of anilines is 1. The van der Waals surface area contributed by atoms with Crippen LogP contribution < -0.4 is 10.2 Å². The first-order chi connectivity index (χ1) is 10.6. The third kappa shape index (κ3) is 4.00. The number of hydrogen-bond acceptors (Lipinski definition) is 5. The normalized spacial score (nSPS) is 10.3. The minimum Gasteiger partial charge on any atom is -0.357 e. The Morgan fingerprint density at radius 1 is 1.18 bits per heavy atom. The number of hydrogen-bond donors (Lipinski definition) is 1. The Kier molecular flexibility index (Phi) is 5.41. The van der Waals surface area contributed by atoms with E-state index in [0.29, 0.717) is 18.1 Å². The van der Waals surface area contributed by atoms with Gasteiger partial charge in [0.1, 0.15) is 17.3 Å². The first-order valence-corrected chi connectivity index (χ1v) is 7.41. The maximum Gasteiger partial charge on any atom is 0.270 e. The highest BCUT2D eigenvalue weighted by molar-refractivity contribution is 5.92. The summed E-state index contributed by atoms with van der Waals surface area (Å²) in [6, 6.07) is 5.47. The van der Waals surface area contributed by atoms with Crippen molar-refractivity contribution < 1.29 is 4.79 Å². The summed E-state index contributed by atoms with van der Waals surface area (Å²) in [7, 11) is 0. The van der Waals surface area contributed by atoms with Gasteiger partial charge in [0.25, 0.3) is 5.91 Å². The molecule has 1 amide bonds. The van der Waals surface area contributed by atoms with Crippen molar-refractivity contribution in [2.24, 2.45) is 0 Å². The number of nitrogens with one attached hydrogen (secondary N) is 1. The van der Waals surface area contributed by atoms with Gasteiger partial charge in [-0.3, -0.25) is 9.78 Å². The van der Waals surface area contributed by atoms with Crippen LogP contribution in [0.4, 0.5) is 5.82 Å². The summed E-state index contributed by atoms with van der Waals surface area (Å²) < 4.78 is 0. The van der Waals surface area contributed by atoms with E-state index in [1.54, 1.807) is 25.4 Å². The smallest absolute Gasteiger partial charge is 0.270 e. The van der Waals surface area contributed by atoms with E-state index in [1.165, 1.54) is 0 Å². The van der Waals surface area contributed by atoms with E-state index < -0.39 is 0 Å². The van der Waals surface area contributed by atoms with E-state index in [-0.39, 0.29) is 5.91 Å². The zero-order valence-electron chi connectivity index (χ0n) is 13.2. The van der Waals surface area contributed by atoms with E-state index in [2.05, 4.69) is 39.0 Å². The molecule has 0 bridgehead atoms. The SMILES string of the molecule is CCN(CC)c1cc(C(=O)NCc2ccncc2)nc(C)n1. The molecule has 2 aromatic heterocycles. The van der Waals surface area contributed by atoms with E-state index >= 15 is 0 Å². The summed E-state index contributed by atoms with van der Waals surface area (Å²) in [4.78, 5) is 27.0.